The van der Waals surface area contributed by atoms with Crippen LogP contribution in [0.25, 0.3) is 0 Å². The van der Waals surface area contributed by atoms with Crippen LogP contribution in [0.3, 0.4) is 0 Å². The van der Waals surface area contributed by atoms with Crippen molar-refractivity contribution in [3.63, 3.8) is 0 Å². The Hall–Kier alpha value is -0.990. The number of nitrogens with zero attached hydrogens (tertiary/aromatic N) is 2. The summed E-state index contributed by atoms with van der Waals surface area (Å²) in [5, 5.41) is 8.05. The molecule has 0 fully saturated rings. The maximum absolute atomic E-state index is 4.61. The molecule has 2 aliphatic rings. The Morgan fingerprint density at radius 1 is 1.38 bits per heavy atom. The van der Waals surface area contributed by atoms with Crippen molar-refractivity contribution in [3.05, 3.63) is 17.7 Å². The predicted octanol–water partition coefficient (Wildman–Crippen LogP) is 1.59. The summed E-state index contributed by atoms with van der Waals surface area (Å²) in [6.45, 7) is 2.19. The molecular weight excluding hydrogens is 162 g/mol. The molecule has 3 rings (SSSR count). The van der Waals surface area contributed by atoms with Gasteiger partial charge >= 0.3 is 0 Å². The van der Waals surface area contributed by atoms with Crippen LogP contribution in [-0.4, -0.2) is 16.3 Å². The van der Waals surface area contributed by atoms with Crippen molar-refractivity contribution in [3.8, 4) is 0 Å². The lowest BCUT2D eigenvalue weighted by Gasteiger charge is -2.17. The molecule has 0 saturated heterocycles. The Morgan fingerprint density at radius 3 is 3.38 bits per heavy atom. The second kappa shape index (κ2) is 2.76. The van der Waals surface area contributed by atoms with Crippen molar-refractivity contribution in [2.75, 3.05) is 11.9 Å². The maximum atomic E-state index is 4.61. The molecule has 0 bridgehead atoms. The third-order valence-corrected chi connectivity index (χ3v) is 2.87. The number of aromatic nitrogens is 2. The molecule has 3 nitrogen and oxygen atoms in total. The number of hydrogen-bond donors (Lipinski definition) is 1. The second-order valence-corrected chi connectivity index (χ2v) is 3.81. The zero-order valence-corrected chi connectivity index (χ0v) is 7.71. The first-order chi connectivity index (χ1) is 6.45. The molecule has 1 aliphatic heterocycles. The molecule has 0 spiro atoms. The van der Waals surface area contributed by atoms with Crippen LogP contribution in [0.1, 0.15) is 30.5 Å². The molecule has 69 valence electrons. The first-order valence-corrected chi connectivity index (χ1v) is 5.12. The molecule has 1 aromatic heterocycles. The van der Waals surface area contributed by atoms with E-state index in [0.717, 1.165) is 19.5 Å². The van der Waals surface area contributed by atoms with Crippen LogP contribution in [0.2, 0.25) is 0 Å². The fourth-order valence-electron chi connectivity index (χ4n) is 2.22. The van der Waals surface area contributed by atoms with E-state index in [9.17, 15) is 0 Å². The zero-order valence-electron chi connectivity index (χ0n) is 7.71. The van der Waals surface area contributed by atoms with Crippen LogP contribution in [0, 0.1) is 6.42 Å². The summed E-state index contributed by atoms with van der Waals surface area (Å²) in [5.41, 5.74) is 2.68. The topological polar surface area (TPSA) is 29.9 Å². The molecule has 1 radical (unpaired) electrons. The first-order valence-electron chi connectivity index (χ1n) is 5.12. The van der Waals surface area contributed by atoms with Gasteiger partial charge in [-0.1, -0.05) is 0 Å². The average Bonchev–Trinajstić information content (AvgIpc) is 2.56. The Morgan fingerprint density at radius 2 is 2.38 bits per heavy atom. The monoisotopic (exact) mass is 176 g/mol. The molecular formula is C10H14N3. The number of rotatable bonds is 0. The summed E-state index contributed by atoms with van der Waals surface area (Å²) < 4.78 is 2.13. The number of hydrogen-bond acceptors (Lipinski definition) is 2. The molecule has 0 amide bonds. The molecule has 13 heavy (non-hydrogen) atoms. The SMILES string of the molecule is [CH]1CCCc2nn3c(c21)NCCC3. The third kappa shape index (κ3) is 1.06. The van der Waals surface area contributed by atoms with E-state index in [2.05, 4.69) is 21.5 Å². The van der Waals surface area contributed by atoms with Crippen molar-refractivity contribution in [1.29, 1.82) is 0 Å². The van der Waals surface area contributed by atoms with Gasteiger partial charge in [0.25, 0.3) is 0 Å². The van der Waals surface area contributed by atoms with Gasteiger partial charge in [0.1, 0.15) is 5.82 Å². The van der Waals surface area contributed by atoms with Crippen LogP contribution in [0.5, 0.6) is 0 Å². The predicted molar refractivity (Wildman–Crippen MR) is 51.7 cm³/mol. The second-order valence-electron chi connectivity index (χ2n) is 3.81. The minimum atomic E-state index is 1.09. The van der Waals surface area contributed by atoms with Crippen molar-refractivity contribution >= 4 is 5.82 Å². The summed E-state index contributed by atoms with van der Waals surface area (Å²) >= 11 is 0. The van der Waals surface area contributed by atoms with Gasteiger partial charge in [-0.15, -0.1) is 0 Å². The first kappa shape index (κ1) is 7.42. The molecule has 1 aromatic rings. The smallest absolute Gasteiger partial charge is 0.128 e. The highest BCUT2D eigenvalue weighted by Crippen LogP contribution is 2.30. The largest absolute Gasteiger partial charge is 0.370 e. The van der Waals surface area contributed by atoms with E-state index in [4.69, 9.17) is 0 Å². The van der Waals surface area contributed by atoms with Gasteiger partial charge in [0.2, 0.25) is 0 Å². The van der Waals surface area contributed by atoms with Gasteiger partial charge < -0.3 is 5.32 Å². The number of aryl methyl sites for hydroxylation is 2. The van der Waals surface area contributed by atoms with E-state index in [0.29, 0.717) is 0 Å². The van der Waals surface area contributed by atoms with E-state index >= 15 is 0 Å². The van der Waals surface area contributed by atoms with Crippen molar-refractivity contribution < 1.29 is 0 Å². The molecule has 0 atom stereocenters. The summed E-state index contributed by atoms with van der Waals surface area (Å²) in [6, 6.07) is 0. The van der Waals surface area contributed by atoms with Gasteiger partial charge in [-0.2, -0.15) is 5.10 Å². The molecule has 0 unspecified atom stereocenters. The molecule has 0 saturated carbocycles. The normalized spacial score (nSPS) is 20.3. The number of nitrogens with one attached hydrogen (secondary N) is 1. The van der Waals surface area contributed by atoms with E-state index in [1.165, 1.54) is 36.3 Å². The molecule has 1 N–H and O–H groups in total. The minimum absolute atomic E-state index is 1.09. The van der Waals surface area contributed by atoms with Gasteiger partial charge in [-0.3, -0.25) is 0 Å². The molecule has 1 aliphatic carbocycles. The summed E-state index contributed by atoms with van der Waals surface area (Å²) in [5.74, 6) is 1.26. The van der Waals surface area contributed by atoms with Crippen LogP contribution in [0.15, 0.2) is 0 Å². The highest BCUT2D eigenvalue weighted by atomic mass is 15.3. The minimum Gasteiger partial charge on any atom is -0.370 e. The van der Waals surface area contributed by atoms with Gasteiger partial charge in [0.15, 0.2) is 0 Å². The molecule has 0 aromatic carbocycles. The van der Waals surface area contributed by atoms with Crippen molar-refractivity contribution in [2.24, 2.45) is 0 Å². The maximum Gasteiger partial charge on any atom is 0.128 e. The highest BCUT2D eigenvalue weighted by molar-refractivity contribution is 5.53. The fraction of sp³-hybridized carbons (Fsp3) is 0.600. The highest BCUT2D eigenvalue weighted by Gasteiger charge is 2.21. The van der Waals surface area contributed by atoms with Crippen LogP contribution in [-0.2, 0) is 13.0 Å². The van der Waals surface area contributed by atoms with Crippen LogP contribution < -0.4 is 5.32 Å². The quantitative estimate of drug-likeness (QED) is 0.650. The standard InChI is InChI=1S/C10H14N3/c1-2-5-9-8(4-1)10-11-6-3-7-13(10)12-9/h4,11H,1-3,5-7H2. The molecule has 3 heteroatoms. The van der Waals surface area contributed by atoms with Crippen LogP contribution in [0.4, 0.5) is 5.82 Å². The van der Waals surface area contributed by atoms with Gasteiger partial charge in [0.05, 0.1) is 5.69 Å². The van der Waals surface area contributed by atoms with Crippen molar-refractivity contribution in [2.45, 2.75) is 32.2 Å². The Bertz CT molecular complexity index is 297. The van der Waals surface area contributed by atoms with Crippen LogP contribution >= 0.6 is 0 Å². The van der Waals surface area contributed by atoms with Gasteiger partial charge in [-0.25, -0.2) is 4.68 Å². The lowest BCUT2D eigenvalue weighted by molar-refractivity contribution is 0.560. The Labute approximate surface area is 78.1 Å². The van der Waals surface area contributed by atoms with E-state index in [1.807, 2.05) is 0 Å². The summed E-state index contributed by atoms with van der Waals surface area (Å²) in [4.78, 5) is 0. The Kier molecular flexibility index (Phi) is 1.57. The van der Waals surface area contributed by atoms with Crippen molar-refractivity contribution in [1.82, 2.24) is 9.78 Å². The fourth-order valence-corrected chi connectivity index (χ4v) is 2.22. The zero-order chi connectivity index (χ0) is 8.67. The van der Waals surface area contributed by atoms with Gasteiger partial charge in [-0.05, 0) is 32.1 Å². The third-order valence-electron chi connectivity index (χ3n) is 2.87. The van der Waals surface area contributed by atoms with Gasteiger partial charge in [0, 0.05) is 18.7 Å². The van der Waals surface area contributed by atoms with E-state index in [1.54, 1.807) is 0 Å². The molecule has 2 heterocycles. The lowest BCUT2D eigenvalue weighted by atomic mass is 9.97. The summed E-state index contributed by atoms with van der Waals surface area (Å²) in [7, 11) is 0. The average molecular weight is 176 g/mol. The lowest BCUT2D eigenvalue weighted by Crippen LogP contribution is -2.18. The van der Waals surface area contributed by atoms with E-state index in [-0.39, 0.29) is 0 Å². The number of fused-ring (bicyclic) bond motifs is 3. The van der Waals surface area contributed by atoms with E-state index < -0.39 is 0 Å². The Balaban J connectivity index is 2.09. The summed E-state index contributed by atoms with van der Waals surface area (Å²) in [6.07, 6.45) is 7.17. The number of anilines is 1.